The number of nitrogens with zero attached hydrogens (tertiary/aromatic N) is 1. The Balaban J connectivity index is 2.34. The number of hydrogen-bond donors (Lipinski definition) is 1. The number of amides is 2. The molecule has 0 aliphatic heterocycles. The molecule has 0 unspecified atom stereocenters. The minimum absolute atomic E-state index is 0.0577. The highest BCUT2D eigenvalue weighted by atomic mass is 19.1. The van der Waals surface area contributed by atoms with Crippen LogP contribution >= 0.6 is 0 Å². The first-order valence-electron chi connectivity index (χ1n) is 6.40. The molecule has 0 fully saturated rings. The standard InChI is InChI=1S/C15H19FN2O2/c1-3-9-18(12(2)19)10-8-17-15(20)11-13-4-6-14(16)7-5-13/h3-7H,1,8-11H2,2H3,(H,17,20). The molecule has 0 aliphatic rings. The zero-order chi connectivity index (χ0) is 15.0. The van der Waals surface area contributed by atoms with Gasteiger partial charge in [0.2, 0.25) is 11.8 Å². The molecule has 0 saturated carbocycles. The Kier molecular flexibility index (Phi) is 6.43. The van der Waals surface area contributed by atoms with E-state index in [0.717, 1.165) is 5.56 Å². The summed E-state index contributed by atoms with van der Waals surface area (Å²) < 4.78 is 12.7. The van der Waals surface area contributed by atoms with Crippen molar-refractivity contribution in [1.82, 2.24) is 10.2 Å². The summed E-state index contributed by atoms with van der Waals surface area (Å²) in [5.74, 6) is -0.535. The first-order valence-corrected chi connectivity index (χ1v) is 6.40. The SMILES string of the molecule is C=CCN(CCNC(=O)Cc1ccc(F)cc1)C(C)=O. The molecule has 0 heterocycles. The Labute approximate surface area is 118 Å². The molecular weight excluding hydrogens is 259 g/mol. The molecule has 20 heavy (non-hydrogen) atoms. The van der Waals surface area contributed by atoms with E-state index in [-0.39, 0.29) is 24.1 Å². The van der Waals surface area contributed by atoms with Crippen molar-refractivity contribution in [3.8, 4) is 0 Å². The van der Waals surface area contributed by atoms with Crippen molar-refractivity contribution in [2.24, 2.45) is 0 Å². The second-order valence-electron chi connectivity index (χ2n) is 4.41. The minimum Gasteiger partial charge on any atom is -0.354 e. The van der Waals surface area contributed by atoms with Crippen molar-refractivity contribution < 1.29 is 14.0 Å². The van der Waals surface area contributed by atoms with Crippen LogP contribution in [0.1, 0.15) is 12.5 Å². The largest absolute Gasteiger partial charge is 0.354 e. The summed E-state index contributed by atoms with van der Waals surface area (Å²) in [6, 6.07) is 5.80. The van der Waals surface area contributed by atoms with Gasteiger partial charge >= 0.3 is 0 Å². The number of halogens is 1. The molecule has 1 rings (SSSR count). The molecule has 0 radical (unpaired) electrons. The number of carbonyl (C=O) groups is 2. The molecule has 2 amide bonds. The van der Waals surface area contributed by atoms with Gasteiger partial charge in [-0.2, -0.15) is 0 Å². The second kappa shape index (κ2) is 8.09. The molecule has 0 bridgehead atoms. The highest BCUT2D eigenvalue weighted by Gasteiger charge is 2.07. The maximum atomic E-state index is 12.7. The number of nitrogens with one attached hydrogen (secondary N) is 1. The molecule has 0 saturated heterocycles. The van der Waals surface area contributed by atoms with Crippen LogP contribution in [-0.4, -0.2) is 36.3 Å². The van der Waals surface area contributed by atoms with Crippen molar-refractivity contribution in [3.05, 3.63) is 48.3 Å². The van der Waals surface area contributed by atoms with Gasteiger partial charge in [0.1, 0.15) is 5.82 Å². The maximum absolute atomic E-state index is 12.7. The Morgan fingerprint density at radius 1 is 1.35 bits per heavy atom. The third-order valence-electron chi connectivity index (χ3n) is 2.78. The molecule has 0 atom stereocenters. The molecule has 0 aromatic heterocycles. The van der Waals surface area contributed by atoms with Crippen LogP contribution in [0.5, 0.6) is 0 Å². The molecular formula is C15H19FN2O2. The summed E-state index contributed by atoms with van der Waals surface area (Å²) in [5, 5.41) is 2.73. The molecule has 4 nitrogen and oxygen atoms in total. The monoisotopic (exact) mass is 278 g/mol. The fraction of sp³-hybridized carbons (Fsp3) is 0.333. The Bertz CT molecular complexity index is 471. The molecule has 0 aliphatic carbocycles. The van der Waals surface area contributed by atoms with Gasteiger partial charge in [0.05, 0.1) is 6.42 Å². The van der Waals surface area contributed by atoms with Crippen LogP contribution in [0.25, 0.3) is 0 Å². The van der Waals surface area contributed by atoms with Gasteiger partial charge in [-0.15, -0.1) is 6.58 Å². The zero-order valence-electron chi connectivity index (χ0n) is 11.6. The van der Waals surface area contributed by atoms with Gasteiger partial charge in [-0.1, -0.05) is 18.2 Å². The summed E-state index contributed by atoms with van der Waals surface area (Å²) in [6.07, 6.45) is 1.84. The van der Waals surface area contributed by atoms with Crippen molar-refractivity contribution in [2.75, 3.05) is 19.6 Å². The molecule has 5 heteroatoms. The van der Waals surface area contributed by atoms with Crippen LogP contribution in [0.4, 0.5) is 4.39 Å². The van der Waals surface area contributed by atoms with E-state index < -0.39 is 0 Å². The van der Waals surface area contributed by atoms with Crippen LogP contribution in [0.3, 0.4) is 0 Å². The third kappa shape index (κ3) is 5.65. The number of hydrogen-bond acceptors (Lipinski definition) is 2. The van der Waals surface area contributed by atoms with E-state index in [4.69, 9.17) is 0 Å². The lowest BCUT2D eigenvalue weighted by Crippen LogP contribution is -2.38. The molecule has 1 aromatic carbocycles. The van der Waals surface area contributed by atoms with Gasteiger partial charge in [-0.3, -0.25) is 9.59 Å². The summed E-state index contributed by atoms with van der Waals surface area (Å²) in [5.41, 5.74) is 0.749. The predicted octanol–water partition coefficient (Wildman–Crippen LogP) is 1.52. The van der Waals surface area contributed by atoms with Gasteiger partial charge in [-0.25, -0.2) is 4.39 Å². The van der Waals surface area contributed by atoms with Crippen LogP contribution in [0, 0.1) is 5.82 Å². The van der Waals surface area contributed by atoms with Gasteiger partial charge in [0, 0.05) is 26.6 Å². The average molecular weight is 278 g/mol. The number of benzene rings is 1. The van der Waals surface area contributed by atoms with Crippen LogP contribution in [0.15, 0.2) is 36.9 Å². The van der Waals surface area contributed by atoms with Gasteiger partial charge < -0.3 is 10.2 Å². The van der Waals surface area contributed by atoms with E-state index in [9.17, 15) is 14.0 Å². The summed E-state index contributed by atoms with van der Waals surface area (Å²) in [4.78, 5) is 24.5. The Hall–Kier alpha value is -2.17. The Morgan fingerprint density at radius 3 is 2.55 bits per heavy atom. The lowest BCUT2D eigenvalue weighted by molar-refractivity contribution is -0.129. The molecule has 1 N–H and O–H groups in total. The molecule has 0 spiro atoms. The van der Waals surface area contributed by atoms with E-state index in [2.05, 4.69) is 11.9 Å². The lowest BCUT2D eigenvalue weighted by atomic mass is 10.1. The maximum Gasteiger partial charge on any atom is 0.224 e. The fourth-order valence-electron chi connectivity index (χ4n) is 1.71. The van der Waals surface area contributed by atoms with E-state index in [0.29, 0.717) is 19.6 Å². The van der Waals surface area contributed by atoms with Crippen molar-refractivity contribution >= 4 is 11.8 Å². The number of rotatable bonds is 7. The Morgan fingerprint density at radius 2 is 2.00 bits per heavy atom. The fourth-order valence-corrected chi connectivity index (χ4v) is 1.71. The molecule has 1 aromatic rings. The normalized spacial score (nSPS) is 9.90. The van der Waals surface area contributed by atoms with E-state index >= 15 is 0 Å². The minimum atomic E-state index is -0.323. The van der Waals surface area contributed by atoms with Gasteiger partial charge in [-0.05, 0) is 17.7 Å². The van der Waals surface area contributed by atoms with Crippen molar-refractivity contribution in [3.63, 3.8) is 0 Å². The average Bonchev–Trinajstić information content (AvgIpc) is 2.40. The molecule has 108 valence electrons. The van der Waals surface area contributed by atoms with Crippen molar-refractivity contribution in [2.45, 2.75) is 13.3 Å². The number of carbonyl (C=O) groups excluding carboxylic acids is 2. The first kappa shape index (κ1) is 15.9. The summed E-state index contributed by atoms with van der Waals surface area (Å²) in [6.45, 7) is 6.34. The summed E-state index contributed by atoms with van der Waals surface area (Å²) in [7, 11) is 0. The van der Waals surface area contributed by atoms with Gasteiger partial charge in [0.15, 0.2) is 0 Å². The van der Waals surface area contributed by atoms with Crippen molar-refractivity contribution in [1.29, 1.82) is 0 Å². The topological polar surface area (TPSA) is 49.4 Å². The smallest absolute Gasteiger partial charge is 0.224 e. The van der Waals surface area contributed by atoms with E-state index in [1.807, 2.05) is 0 Å². The predicted molar refractivity (Wildman–Crippen MR) is 75.6 cm³/mol. The highest BCUT2D eigenvalue weighted by Crippen LogP contribution is 2.03. The first-order chi connectivity index (χ1) is 9.52. The second-order valence-corrected chi connectivity index (χ2v) is 4.41. The quantitative estimate of drug-likeness (QED) is 0.769. The van der Waals surface area contributed by atoms with E-state index in [1.165, 1.54) is 19.1 Å². The lowest BCUT2D eigenvalue weighted by Gasteiger charge is -2.19. The van der Waals surface area contributed by atoms with Crippen LogP contribution < -0.4 is 5.32 Å². The van der Waals surface area contributed by atoms with Crippen LogP contribution in [0.2, 0.25) is 0 Å². The third-order valence-corrected chi connectivity index (χ3v) is 2.78. The highest BCUT2D eigenvalue weighted by molar-refractivity contribution is 5.78. The van der Waals surface area contributed by atoms with Gasteiger partial charge in [0.25, 0.3) is 0 Å². The van der Waals surface area contributed by atoms with Crippen LogP contribution in [-0.2, 0) is 16.0 Å². The van der Waals surface area contributed by atoms with E-state index in [1.54, 1.807) is 23.1 Å². The zero-order valence-corrected chi connectivity index (χ0v) is 11.6. The summed E-state index contributed by atoms with van der Waals surface area (Å²) >= 11 is 0.